The lowest BCUT2D eigenvalue weighted by atomic mass is 9.88. The number of methoxy groups -OCH3 is 1. The van der Waals surface area contributed by atoms with Crippen molar-refractivity contribution in [2.24, 2.45) is 5.92 Å². The van der Waals surface area contributed by atoms with E-state index in [-0.39, 0.29) is 28.0 Å². The summed E-state index contributed by atoms with van der Waals surface area (Å²) in [6, 6.07) is 8.78. The van der Waals surface area contributed by atoms with Crippen LogP contribution in [0.3, 0.4) is 0 Å². The molecular formula is C23H27N3O6S. The van der Waals surface area contributed by atoms with Gasteiger partial charge in [-0.2, -0.15) is 0 Å². The smallest absolute Gasteiger partial charge is 0.356 e. The number of carbonyl (C=O) groups excluding carboxylic acids is 3. The van der Waals surface area contributed by atoms with Crippen molar-refractivity contribution in [2.45, 2.75) is 43.4 Å². The van der Waals surface area contributed by atoms with Gasteiger partial charge in [0.25, 0.3) is 15.9 Å². The topological polar surface area (TPSA) is 132 Å². The average molecular weight is 474 g/mol. The molecule has 3 rings (SSSR count). The molecule has 1 aromatic carbocycles. The van der Waals surface area contributed by atoms with E-state index < -0.39 is 21.9 Å². The molecule has 0 aliphatic heterocycles. The van der Waals surface area contributed by atoms with Crippen molar-refractivity contribution >= 4 is 27.8 Å². The van der Waals surface area contributed by atoms with E-state index in [1.165, 1.54) is 37.8 Å². The molecule has 176 valence electrons. The first-order chi connectivity index (χ1) is 15.8. The predicted molar refractivity (Wildman–Crippen MR) is 120 cm³/mol. The minimum atomic E-state index is -4.13. The molecule has 0 radical (unpaired) electrons. The van der Waals surface area contributed by atoms with Crippen LogP contribution >= 0.6 is 0 Å². The first kappa shape index (κ1) is 24.4. The molecule has 0 saturated heterocycles. The molecule has 1 aliphatic rings. The number of hydrogen-bond donors (Lipinski definition) is 2. The van der Waals surface area contributed by atoms with Crippen LogP contribution in [0, 0.1) is 5.92 Å². The second kappa shape index (κ2) is 11.0. The highest BCUT2D eigenvalue weighted by Crippen LogP contribution is 2.23. The van der Waals surface area contributed by atoms with Gasteiger partial charge in [0, 0.05) is 18.7 Å². The summed E-state index contributed by atoms with van der Waals surface area (Å²) in [6.45, 7) is 0.406. The number of rotatable bonds is 8. The van der Waals surface area contributed by atoms with Gasteiger partial charge in [0.1, 0.15) is 5.69 Å². The fraction of sp³-hybridized carbons (Fsp3) is 0.391. The van der Waals surface area contributed by atoms with E-state index in [2.05, 4.69) is 15.0 Å². The molecule has 10 heteroatoms. The number of benzene rings is 1. The second-order valence-electron chi connectivity index (χ2n) is 7.88. The highest BCUT2D eigenvalue weighted by molar-refractivity contribution is 7.90. The molecule has 1 aromatic heterocycles. The Kier molecular flexibility index (Phi) is 8.16. The van der Waals surface area contributed by atoms with E-state index >= 15 is 0 Å². The number of nitrogens with one attached hydrogen (secondary N) is 2. The first-order valence-electron chi connectivity index (χ1n) is 10.8. The number of carbonyl (C=O) groups is 3. The molecule has 1 aliphatic carbocycles. The summed E-state index contributed by atoms with van der Waals surface area (Å²) >= 11 is 0. The van der Waals surface area contributed by atoms with E-state index in [0.29, 0.717) is 13.0 Å². The zero-order valence-electron chi connectivity index (χ0n) is 18.4. The van der Waals surface area contributed by atoms with Crippen LogP contribution in [0.25, 0.3) is 0 Å². The minimum Gasteiger partial charge on any atom is -0.464 e. The molecule has 33 heavy (non-hydrogen) atoms. The third-order valence-corrected chi connectivity index (χ3v) is 6.87. The Morgan fingerprint density at radius 2 is 1.85 bits per heavy atom. The highest BCUT2D eigenvalue weighted by atomic mass is 32.2. The Bertz CT molecular complexity index is 1110. The normalized spacial score (nSPS) is 14.3. The Balaban J connectivity index is 1.59. The molecule has 0 bridgehead atoms. The van der Waals surface area contributed by atoms with Gasteiger partial charge in [-0.05, 0) is 49.1 Å². The van der Waals surface area contributed by atoms with Crippen LogP contribution in [0.2, 0.25) is 0 Å². The molecular weight excluding hydrogens is 446 g/mol. The van der Waals surface area contributed by atoms with Gasteiger partial charge in [0.05, 0.1) is 17.6 Å². The van der Waals surface area contributed by atoms with Crippen LogP contribution in [0.1, 0.15) is 58.5 Å². The van der Waals surface area contributed by atoms with Crippen LogP contribution in [0.4, 0.5) is 0 Å². The number of nitrogens with zero attached hydrogens (tertiary/aromatic N) is 1. The van der Waals surface area contributed by atoms with Gasteiger partial charge in [-0.1, -0.05) is 31.4 Å². The molecule has 9 nitrogen and oxygen atoms in total. The molecule has 1 saturated carbocycles. The number of esters is 1. The van der Waals surface area contributed by atoms with Gasteiger partial charge < -0.3 is 10.1 Å². The quantitative estimate of drug-likeness (QED) is 0.562. The number of aromatic nitrogens is 1. The highest BCUT2D eigenvalue weighted by Gasteiger charge is 2.21. The Labute approximate surface area is 193 Å². The lowest BCUT2D eigenvalue weighted by Gasteiger charge is -2.20. The maximum atomic E-state index is 12.7. The van der Waals surface area contributed by atoms with Gasteiger partial charge in [-0.25, -0.2) is 22.9 Å². The molecule has 1 heterocycles. The van der Waals surface area contributed by atoms with Crippen molar-refractivity contribution < 1.29 is 27.5 Å². The molecule has 0 spiro atoms. The van der Waals surface area contributed by atoms with E-state index in [1.807, 2.05) is 4.72 Å². The Hall–Kier alpha value is -3.27. The third-order valence-electron chi connectivity index (χ3n) is 5.54. The predicted octanol–water partition coefficient (Wildman–Crippen LogP) is 2.23. The molecule has 2 aromatic rings. The summed E-state index contributed by atoms with van der Waals surface area (Å²) in [5.41, 5.74) is 0.700. The number of hydrogen-bond acceptors (Lipinski definition) is 7. The number of sulfonamides is 1. The standard InChI is InChI=1S/C23H27N3O6S/c1-32-23(29)20-11-10-18(15-25-20)22(28)26-33(30,31)19-9-5-6-16(14-19)12-13-24-21(27)17-7-3-2-4-8-17/h5-6,9-11,14-15,17H,2-4,7-8,12-13H2,1H3,(H,24,27)(H,26,28). The first-order valence-corrected chi connectivity index (χ1v) is 12.3. The zero-order chi connectivity index (χ0) is 23.8. The minimum absolute atomic E-state index is 0.000172. The van der Waals surface area contributed by atoms with Crippen molar-refractivity contribution in [3.63, 3.8) is 0 Å². The second-order valence-corrected chi connectivity index (χ2v) is 9.56. The molecule has 2 amide bonds. The van der Waals surface area contributed by atoms with Crippen LogP contribution in [0.15, 0.2) is 47.5 Å². The van der Waals surface area contributed by atoms with Crippen LogP contribution in [0.5, 0.6) is 0 Å². The van der Waals surface area contributed by atoms with Crippen molar-refractivity contribution in [3.8, 4) is 0 Å². The van der Waals surface area contributed by atoms with Gasteiger partial charge in [-0.3, -0.25) is 9.59 Å². The SMILES string of the molecule is COC(=O)c1ccc(C(=O)NS(=O)(=O)c2cccc(CCNC(=O)C3CCCCC3)c2)cn1. The zero-order valence-corrected chi connectivity index (χ0v) is 19.2. The summed E-state index contributed by atoms with van der Waals surface area (Å²) in [6.07, 6.45) is 6.74. The van der Waals surface area contributed by atoms with Crippen LogP contribution < -0.4 is 10.0 Å². The van der Waals surface area contributed by atoms with Gasteiger partial charge in [0.2, 0.25) is 5.91 Å². The van der Waals surface area contributed by atoms with E-state index in [9.17, 15) is 22.8 Å². The molecule has 1 fully saturated rings. The monoisotopic (exact) mass is 473 g/mol. The van der Waals surface area contributed by atoms with Crippen molar-refractivity contribution in [1.82, 2.24) is 15.0 Å². The fourth-order valence-electron chi connectivity index (χ4n) is 3.70. The lowest BCUT2D eigenvalue weighted by molar-refractivity contribution is -0.125. The maximum Gasteiger partial charge on any atom is 0.356 e. The largest absolute Gasteiger partial charge is 0.464 e. The summed E-state index contributed by atoms with van der Waals surface area (Å²) < 4.78 is 31.9. The van der Waals surface area contributed by atoms with Crippen molar-refractivity contribution in [2.75, 3.05) is 13.7 Å². The maximum absolute atomic E-state index is 12.7. The summed E-state index contributed by atoms with van der Waals surface area (Å²) in [4.78, 5) is 39.8. The fourth-order valence-corrected chi connectivity index (χ4v) is 4.74. The van der Waals surface area contributed by atoms with E-state index in [4.69, 9.17) is 0 Å². The summed E-state index contributed by atoms with van der Waals surface area (Å²) in [5, 5.41) is 2.93. The molecule has 0 atom stereocenters. The van der Waals surface area contributed by atoms with Crippen LogP contribution in [-0.4, -0.2) is 44.8 Å². The Morgan fingerprint density at radius 3 is 2.52 bits per heavy atom. The van der Waals surface area contributed by atoms with E-state index in [0.717, 1.165) is 37.4 Å². The third kappa shape index (κ3) is 6.61. The Morgan fingerprint density at radius 1 is 1.09 bits per heavy atom. The van der Waals surface area contributed by atoms with Crippen LogP contribution in [-0.2, 0) is 26.0 Å². The average Bonchev–Trinajstić information content (AvgIpc) is 2.84. The van der Waals surface area contributed by atoms with E-state index in [1.54, 1.807) is 12.1 Å². The molecule has 0 unspecified atom stereocenters. The van der Waals surface area contributed by atoms with Gasteiger partial charge in [0.15, 0.2) is 0 Å². The molecule has 2 N–H and O–H groups in total. The number of amides is 2. The summed E-state index contributed by atoms with van der Waals surface area (Å²) in [5.74, 6) is -1.42. The van der Waals surface area contributed by atoms with Gasteiger partial charge >= 0.3 is 5.97 Å². The summed E-state index contributed by atoms with van der Waals surface area (Å²) in [7, 11) is -2.92. The lowest BCUT2D eigenvalue weighted by Crippen LogP contribution is -2.33. The van der Waals surface area contributed by atoms with Crippen molar-refractivity contribution in [1.29, 1.82) is 0 Å². The number of pyridine rings is 1. The van der Waals surface area contributed by atoms with Gasteiger partial charge in [-0.15, -0.1) is 0 Å². The van der Waals surface area contributed by atoms with Crippen molar-refractivity contribution in [3.05, 3.63) is 59.4 Å². The number of ether oxygens (including phenoxy) is 1.